The van der Waals surface area contributed by atoms with Crippen molar-refractivity contribution in [3.05, 3.63) is 59.1 Å². The molecule has 1 aliphatic heterocycles. The molecule has 1 aromatic heterocycles. The normalized spacial score (nSPS) is 17.2. The van der Waals surface area contributed by atoms with Crippen LogP contribution < -0.4 is 9.62 Å². The quantitative estimate of drug-likeness (QED) is 0.616. The molecule has 2 aromatic carbocycles. The Balaban J connectivity index is 1.82. The molecule has 27 heavy (non-hydrogen) atoms. The summed E-state index contributed by atoms with van der Waals surface area (Å²) in [6.07, 6.45) is 1.06. The predicted molar refractivity (Wildman–Crippen MR) is 112 cm³/mol. The van der Waals surface area contributed by atoms with Crippen LogP contribution in [0.15, 0.2) is 64.0 Å². The van der Waals surface area contributed by atoms with Gasteiger partial charge in [-0.15, -0.1) is 11.3 Å². The highest BCUT2D eigenvalue weighted by molar-refractivity contribution is 9.10. The number of nitrogens with zero attached hydrogens (tertiary/aromatic N) is 1. The van der Waals surface area contributed by atoms with Crippen molar-refractivity contribution >= 4 is 58.3 Å². The fourth-order valence-electron chi connectivity index (χ4n) is 3.19. The van der Waals surface area contributed by atoms with E-state index < -0.39 is 10.0 Å². The molecule has 1 saturated heterocycles. The van der Waals surface area contributed by atoms with E-state index in [2.05, 4.69) is 21.2 Å². The molecule has 140 valence electrons. The van der Waals surface area contributed by atoms with Crippen molar-refractivity contribution in [2.45, 2.75) is 23.8 Å². The molecular weight excluding hydrogens is 448 g/mol. The second kappa shape index (κ2) is 7.26. The van der Waals surface area contributed by atoms with Gasteiger partial charge in [-0.25, -0.2) is 8.42 Å². The van der Waals surface area contributed by atoms with Crippen molar-refractivity contribution < 1.29 is 13.2 Å². The third-order valence-electron chi connectivity index (χ3n) is 4.55. The van der Waals surface area contributed by atoms with E-state index in [1.54, 1.807) is 30.3 Å². The number of anilines is 1. The molecule has 2 heterocycles. The summed E-state index contributed by atoms with van der Waals surface area (Å²) in [6, 6.07) is 16.0. The second-order valence-corrected chi connectivity index (χ2v) is 10.1. The van der Waals surface area contributed by atoms with Gasteiger partial charge in [-0.3, -0.25) is 9.10 Å². The first kappa shape index (κ1) is 18.5. The number of fused-ring (bicyclic) bond motifs is 1. The van der Waals surface area contributed by atoms with Crippen LogP contribution in [0.1, 0.15) is 12.8 Å². The van der Waals surface area contributed by atoms with Gasteiger partial charge in [-0.2, -0.15) is 0 Å². The van der Waals surface area contributed by atoms with Gasteiger partial charge >= 0.3 is 0 Å². The van der Waals surface area contributed by atoms with Gasteiger partial charge in [-0.1, -0.05) is 36.4 Å². The maximum Gasteiger partial charge on any atom is 0.265 e. The van der Waals surface area contributed by atoms with E-state index in [0.717, 1.165) is 14.6 Å². The second-order valence-electron chi connectivity index (χ2n) is 6.37. The number of hydrogen-bond acceptors (Lipinski definition) is 4. The summed E-state index contributed by atoms with van der Waals surface area (Å²) in [5.41, 5.74) is 0. The molecular formula is C19H17BrN2O3S2. The summed E-state index contributed by atoms with van der Waals surface area (Å²) >= 11 is 5.02. The largest absolute Gasteiger partial charge is 0.352 e. The monoisotopic (exact) mass is 464 g/mol. The Morgan fingerprint density at radius 2 is 1.81 bits per heavy atom. The third kappa shape index (κ3) is 3.49. The number of sulfonamides is 1. The van der Waals surface area contributed by atoms with E-state index in [9.17, 15) is 13.2 Å². The van der Waals surface area contributed by atoms with E-state index >= 15 is 0 Å². The Hall–Kier alpha value is -1.90. The Morgan fingerprint density at radius 1 is 1.11 bits per heavy atom. The number of rotatable bonds is 5. The summed E-state index contributed by atoms with van der Waals surface area (Å²) < 4.78 is 30.0. The molecule has 0 bridgehead atoms. The minimum Gasteiger partial charge on any atom is -0.352 e. The van der Waals surface area contributed by atoms with Crippen LogP contribution >= 0.6 is 27.3 Å². The van der Waals surface area contributed by atoms with Gasteiger partial charge in [0.05, 0.1) is 15.9 Å². The number of amides is 1. The van der Waals surface area contributed by atoms with E-state index in [1.807, 2.05) is 24.3 Å². The number of hydrogen-bond donors (Lipinski definition) is 1. The van der Waals surface area contributed by atoms with Crippen molar-refractivity contribution in [3.63, 3.8) is 0 Å². The summed E-state index contributed by atoms with van der Waals surface area (Å²) in [7, 11) is -3.77. The molecule has 1 amide bonds. The van der Waals surface area contributed by atoms with Crippen LogP contribution in [-0.2, 0) is 14.8 Å². The average molecular weight is 465 g/mol. The van der Waals surface area contributed by atoms with Crippen LogP contribution in [0.5, 0.6) is 0 Å². The van der Waals surface area contributed by atoms with Crippen LogP contribution in [0.2, 0.25) is 0 Å². The van der Waals surface area contributed by atoms with E-state index in [-0.39, 0.29) is 23.4 Å². The highest BCUT2D eigenvalue weighted by Crippen LogP contribution is 2.44. The minimum atomic E-state index is -3.77. The Labute approximate surface area is 170 Å². The predicted octanol–water partition coefficient (Wildman–Crippen LogP) is 4.14. The zero-order valence-corrected chi connectivity index (χ0v) is 17.5. The lowest BCUT2D eigenvalue weighted by Gasteiger charge is -2.26. The summed E-state index contributed by atoms with van der Waals surface area (Å²) in [5.74, 6) is -0.0348. The van der Waals surface area contributed by atoms with Crippen molar-refractivity contribution in [1.29, 1.82) is 0 Å². The first-order chi connectivity index (χ1) is 13.0. The molecule has 5 nitrogen and oxygen atoms in total. The minimum absolute atomic E-state index is 0.0348. The summed E-state index contributed by atoms with van der Waals surface area (Å²) in [6.45, 7) is 0.203. The van der Waals surface area contributed by atoms with E-state index in [0.29, 0.717) is 17.8 Å². The number of benzene rings is 2. The van der Waals surface area contributed by atoms with Gasteiger partial charge in [-0.05, 0) is 40.5 Å². The Bertz CT molecular complexity index is 1100. The van der Waals surface area contributed by atoms with Gasteiger partial charge < -0.3 is 5.32 Å². The molecule has 1 N–H and O–H groups in total. The van der Waals surface area contributed by atoms with E-state index in [1.165, 1.54) is 15.6 Å². The lowest BCUT2D eigenvalue weighted by molar-refractivity contribution is -0.119. The summed E-state index contributed by atoms with van der Waals surface area (Å²) in [4.78, 5) is 11.8. The standard InChI is InChI=1S/C19H17BrN2O3S2/c20-18-15-8-4-5-9-16(15)26-19(18)22(12-13-10-11-17(23)21-13)27(24,25)14-6-2-1-3-7-14/h1-9,13H,10-12H2,(H,21,23)/t13-/m0/s1. The fraction of sp³-hybridized carbons (Fsp3) is 0.211. The van der Waals surface area contributed by atoms with Gasteiger partial charge in [0.25, 0.3) is 10.0 Å². The summed E-state index contributed by atoms with van der Waals surface area (Å²) in [5, 5.41) is 4.47. The van der Waals surface area contributed by atoms with Gasteiger partial charge in [0.15, 0.2) is 0 Å². The molecule has 0 radical (unpaired) electrons. The molecule has 1 aliphatic rings. The van der Waals surface area contributed by atoms with Gasteiger partial charge in [0, 0.05) is 22.5 Å². The third-order valence-corrected chi connectivity index (χ3v) is 8.70. The van der Waals surface area contributed by atoms with E-state index in [4.69, 9.17) is 0 Å². The zero-order valence-electron chi connectivity index (χ0n) is 14.3. The molecule has 4 rings (SSSR count). The Kier molecular flexibility index (Phi) is 4.96. The molecule has 0 aliphatic carbocycles. The molecule has 0 saturated carbocycles. The first-order valence-electron chi connectivity index (χ1n) is 8.51. The Morgan fingerprint density at radius 3 is 2.48 bits per heavy atom. The van der Waals surface area contributed by atoms with Crippen LogP contribution in [0, 0.1) is 0 Å². The smallest absolute Gasteiger partial charge is 0.265 e. The van der Waals surface area contributed by atoms with Crippen LogP contribution in [0.3, 0.4) is 0 Å². The molecule has 0 spiro atoms. The number of thiophene rings is 1. The molecule has 3 aromatic rings. The van der Waals surface area contributed by atoms with Crippen molar-refractivity contribution in [2.75, 3.05) is 10.8 Å². The fourth-order valence-corrected chi connectivity index (χ4v) is 7.10. The highest BCUT2D eigenvalue weighted by atomic mass is 79.9. The number of halogens is 1. The highest BCUT2D eigenvalue weighted by Gasteiger charge is 2.33. The van der Waals surface area contributed by atoms with Crippen LogP contribution in [0.4, 0.5) is 5.00 Å². The van der Waals surface area contributed by atoms with Crippen molar-refractivity contribution in [3.8, 4) is 0 Å². The molecule has 1 fully saturated rings. The van der Waals surface area contributed by atoms with Crippen molar-refractivity contribution in [1.82, 2.24) is 5.32 Å². The van der Waals surface area contributed by atoms with Crippen molar-refractivity contribution in [2.24, 2.45) is 0 Å². The molecule has 1 atom stereocenters. The number of carbonyl (C=O) groups excluding carboxylic acids is 1. The van der Waals surface area contributed by atoms with Gasteiger partial charge in [0.2, 0.25) is 5.91 Å². The molecule has 8 heteroatoms. The lowest BCUT2D eigenvalue weighted by Crippen LogP contribution is -2.41. The SMILES string of the molecule is O=C1CC[C@@H](CN(c2sc3ccccc3c2Br)S(=O)(=O)c2ccccc2)N1. The average Bonchev–Trinajstić information content (AvgIpc) is 3.24. The molecule has 0 unspecified atom stereocenters. The topological polar surface area (TPSA) is 66.5 Å². The lowest BCUT2D eigenvalue weighted by atomic mass is 10.2. The van der Waals surface area contributed by atoms with Crippen LogP contribution in [-0.4, -0.2) is 26.9 Å². The first-order valence-corrected chi connectivity index (χ1v) is 11.6. The van der Waals surface area contributed by atoms with Crippen LogP contribution in [0.25, 0.3) is 10.1 Å². The maximum absolute atomic E-state index is 13.4. The number of carbonyl (C=O) groups is 1. The number of nitrogens with one attached hydrogen (secondary N) is 1. The maximum atomic E-state index is 13.4. The zero-order chi connectivity index (χ0) is 19.0. The van der Waals surface area contributed by atoms with Gasteiger partial charge in [0.1, 0.15) is 5.00 Å².